The molecule has 0 saturated carbocycles. The van der Waals surface area contributed by atoms with Crippen molar-refractivity contribution in [3.05, 3.63) is 64.2 Å². The molecule has 20 heavy (non-hydrogen) atoms. The summed E-state index contributed by atoms with van der Waals surface area (Å²) in [5, 5.41) is 11.3. The zero-order valence-corrected chi connectivity index (χ0v) is 11.0. The van der Waals surface area contributed by atoms with Crippen LogP contribution >= 0.6 is 11.6 Å². The summed E-state index contributed by atoms with van der Waals surface area (Å²) < 4.78 is 13.0. The fraction of sp³-hybridized carbons (Fsp3) is 0.0714. The van der Waals surface area contributed by atoms with Gasteiger partial charge in [0.1, 0.15) is 17.6 Å². The fourth-order valence-electron chi connectivity index (χ4n) is 1.52. The van der Waals surface area contributed by atoms with Crippen molar-refractivity contribution in [3.63, 3.8) is 0 Å². The number of pyridine rings is 1. The highest BCUT2D eigenvalue weighted by Crippen LogP contribution is 2.15. The summed E-state index contributed by atoms with van der Waals surface area (Å²) in [6.45, 7) is 0.209. The van der Waals surface area contributed by atoms with Crippen molar-refractivity contribution in [2.24, 2.45) is 0 Å². The molecule has 0 saturated heterocycles. The smallest absolute Gasteiger partial charge is 0.270 e. The number of carbonyl (C=O) groups is 1. The predicted molar refractivity (Wildman–Crippen MR) is 71.5 cm³/mol. The van der Waals surface area contributed by atoms with Gasteiger partial charge in [-0.1, -0.05) is 17.7 Å². The van der Waals surface area contributed by atoms with Gasteiger partial charge in [-0.3, -0.25) is 4.79 Å². The molecule has 2 rings (SSSR count). The van der Waals surface area contributed by atoms with Crippen LogP contribution in [0.3, 0.4) is 0 Å². The second kappa shape index (κ2) is 6.13. The summed E-state index contributed by atoms with van der Waals surface area (Å²) in [5.41, 5.74) is 1.27. The van der Waals surface area contributed by atoms with Gasteiger partial charge < -0.3 is 5.32 Å². The van der Waals surface area contributed by atoms with Gasteiger partial charge in [-0.25, -0.2) is 9.37 Å². The van der Waals surface area contributed by atoms with Gasteiger partial charge in [0, 0.05) is 12.7 Å². The normalized spacial score (nSPS) is 9.85. The highest BCUT2D eigenvalue weighted by atomic mass is 35.5. The van der Waals surface area contributed by atoms with Gasteiger partial charge in [-0.2, -0.15) is 5.26 Å². The Morgan fingerprint density at radius 3 is 2.80 bits per heavy atom. The molecular formula is C14H9ClFN3O. The molecule has 6 heteroatoms. The number of nitriles is 1. The molecule has 0 atom stereocenters. The summed E-state index contributed by atoms with van der Waals surface area (Å²) >= 11 is 5.65. The fourth-order valence-corrected chi connectivity index (χ4v) is 1.72. The molecule has 1 N–H and O–H groups in total. The Morgan fingerprint density at radius 1 is 1.40 bits per heavy atom. The Bertz CT molecular complexity index is 680. The van der Waals surface area contributed by atoms with Gasteiger partial charge in [0.15, 0.2) is 0 Å². The number of amides is 1. The van der Waals surface area contributed by atoms with Gasteiger partial charge >= 0.3 is 0 Å². The van der Waals surface area contributed by atoms with E-state index in [1.807, 2.05) is 6.07 Å². The maximum atomic E-state index is 13.0. The molecule has 4 nitrogen and oxygen atoms in total. The Morgan fingerprint density at radius 2 is 2.20 bits per heavy atom. The highest BCUT2D eigenvalue weighted by molar-refractivity contribution is 6.30. The van der Waals surface area contributed by atoms with Gasteiger partial charge in [0.2, 0.25) is 0 Å². The van der Waals surface area contributed by atoms with E-state index in [2.05, 4.69) is 10.3 Å². The zero-order valence-electron chi connectivity index (χ0n) is 10.2. The van der Waals surface area contributed by atoms with Gasteiger partial charge in [0.05, 0.1) is 10.6 Å². The van der Waals surface area contributed by atoms with Crippen LogP contribution in [0, 0.1) is 17.1 Å². The third-order valence-corrected chi connectivity index (χ3v) is 2.85. The average molecular weight is 290 g/mol. The summed E-state index contributed by atoms with van der Waals surface area (Å²) in [5.74, 6) is -0.884. The second-order valence-electron chi connectivity index (χ2n) is 3.98. The molecule has 0 fully saturated rings. The topological polar surface area (TPSA) is 65.8 Å². The first-order valence-corrected chi connectivity index (χ1v) is 6.06. The maximum Gasteiger partial charge on any atom is 0.270 e. The molecule has 0 spiro atoms. The summed E-state index contributed by atoms with van der Waals surface area (Å²) in [4.78, 5) is 15.7. The first-order chi connectivity index (χ1) is 9.60. The first-order valence-electron chi connectivity index (χ1n) is 5.68. The van der Waals surface area contributed by atoms with Crippen LogP contribution < -0.4 is 5.32 Å². The predicted octanol–water partition coefficient (Wildman–Crippen LogP) is 2.68. The summed E-state index contributed by atoms with van der Waals surface area (Å²) in [6.07, 6.45) is 1.32. The minimum absolute atomic E-state index is 0.00764. The van der Waals surface area contributed by atoms with Gasteiger partial charge in [-0.05, 0) is 29.8 Å². The molecule has 0 aliphatic rings. The van der Waals surface area contributed by atoms with E-state index in [-0.39, 0.29) is 23.2 Å². The lowest BCUT2D eigenvalue weighted by Gasteiger charge is -2.05. The molecule has 100 valence electrons. The lowest BCUT2D eigenvalue weighted by molar-refractivity contribution is 0.0946. The number of aromatic nitrogens is 1. The van der Waals surface area contributed by atoms with Crippen molar-refractivity contribution in [2.45, 2.75) is 6.54 Å². The van der Waals surface area contributed by atoms with Crippen molar-refractivity contribution in [2.75, 3.05) is 0 Å². The molecule has 0 unspecified atom stereocenters. The van der Waals surface area contributed by atoms with Crippen LogP contribution in [0.15, 0.2) is 36.5 Å². The van der Waals surface area contributed by atoms with E-state index in [4.69, 9.17) is 16.9 Å². The van der Waals surface area contributed by atoms with E-state index in [1.165, 1.54) is 36.5 Å². The first kappa shape index (κ1) is 14.0. The zero-order chi connectivity index (χ0) is 14.5. The van der Waals surface area contributed by atoms with Crippen LogP contribution in [0.2, 0.25) is 5.02 Å². The van der Waals surface area contributed by atoms with Crippen LogP contribution in [0.25, 0.3) is 0 Å². The van der Waals surface area contributed by atoms with Crippen molar-refractivity contribution in [3.8, 4) is 6.07 Å². The lowest BCUT2D eigenvalue weighted by Crippen LogP contribution is -2.23. The number of halogens is 2. The van der Waals surface area contributed by atoms with E-state index >= 15 is 0 Å². The number of hydrogen-bond acceptors (Lipinski definition) is 3. The number of hydrogen-bond donors (Lipinski definition) is 1. The number of nitrogens with one attached hydrogen (secondary N) is 1. The number of carbonyl (C=O) groups excluding carboxylic acids is 1. The van der Waals surface area contributed by atoms with Crippen molar-refractivity contribution in [1.82, 2.24) is 10.3 Å². The number of rotatable bonds is 3. The highest BCUT2D eigenvalue weighted by Gasteiger charge is 2.07. The van der Waals surface area contributed by atoms with Crippen LogP contribution in [0.5, 0.6) is 0 Å². The van der Waals surface area contributed by atoms with E-state index in [0.29, 0.717) is 11.1 Å². The Kier molecular flexibility index (Phi) is 4.28. The summed E-state index contributed by atoms with van der Waals surface area (Å²) in [7, 11) is 0. The van der Waals surface area contributed by atoms with Gasteiger partial charge in [0.25, 0.3) is 5.91 Å². The molecule has 1 amide bonds. The summed E-state index contributed by atoms with van der Waals surface area (Å²) in [6, 6.07) is 9.12. The average Bonchev–Trinajstić information content (AvgIpc) is 2.48. The Labute approximate surface area is 119 Å². The number of benzene rings is 1. The van der Waals surface area contributed by atoms with E-state index < -0.39 is 5.82 Å². The second-order valence-corrected chi connectivity index (χ2v) is 4.38. The van der Waals surface area contributed by atoms with Crippen molar-refractivity contribution < 1.29 is 9.18 Å². The van der Waals surface area contributed by atoms with Gasteiger partial charge in [-0.15, -0.1) is 0 Å². The Hall–Kier alpha value is -2.45. The monoisotopic (exact) mass is 289 g/mol. The maximum absolute atomic E-state index is 13.0. The molecule has 0 bridgehead atoms. The van der Waals surface area contributed by atoms with E-state index in [0.717, 1.165) is 0 Å². The molecule has 1 aromatic carbocycles. The molecule has 1 aromatic heterocycles. The van der Waals surface area contributed by atoms with Crippen LogP contribution in [-0.4, -0.2) is 10.9 Å². The molecule has 0 aliphatic carbocycles. The Balaban J connectivity index is 2.01. The van der Waals surface area contributed by atoms with Crippen molar-refractivity contribution >= 4 is 17.5 Å². The van der Waals surface area contributed by atoms with Crippen LogP contribution in [-0.2, 0) is 6.54 Å². The largest absolute Gasteiger partial charge is 0.347 e. The molecular weight excluding hydrogens is 281 g/mol. The lowest BCUT2D eigenvalue weighted by atomic mass is 10.2. The van der Waals surface area contributed by atoms with E-state index in [1.54, 1.807) is 0 Å². The third kappa shape index (κ3) is 3.31. The molecule has 2 aromatic rings. The molecule has 1 heterocycles. The SMILES string of the molecule is N#Cc1ccc(C(=O)NCc2ccc(F)c(Cl)c2)nc1. The molecule has 0 aliphatic heterocycles. The minimum Gasteiger partial charge on any atom is -0.347 e. The van der Waals surface area contributed by atoms with Crippen LogP contribution in [0.4, 0.5) is 4.39 Å². The van der Waals surface area contributed by atoms with Crippen LogP contribution in [0.1, 0.15) is 21.6 Å². The standard InChI is InChI=1S/C14H9ClFN3O/c15-11-5-9(1-3-12(11)16)7-19-14(20)13-4-2-10(6-17)8-18-13/h1-5,8H,7H2,(H,19,20). The minimum atomic E-state index is -0.504. The quantitative estimate of drug-likeness (QED) is 0.944. The van der Waals surface area contributed by atoms with Crippen molar-refractivity contribution in [1.29, 1.82) is 5.26 Å². The number of nitrogens with zero attached hydrogens (tertiary/aromatic N) is 2. The molecule has 0 radical (unpaired) electrons. The van der Waals surface area contributed by atoms with E-state index in [9.17, 15) is 9.18 Å². The third-order valence-electron chi connectivity index (χ3n) is 2.56.